The molecule has 0 spiro atoms. The Bertz CT molecular complexity index is 1100. The zero-order chi connectivity index (χ0) is 20.2. The summed E-state index contributed by atoms with van der Waals surface area (Å²) in [6.07, 6.45) is 5.18. The number of ether oxygens (including phenoxy) is 1. The number of benzene rings is 1. The minimum Gasteiger partial charge on any atom is -0.496 e. The molecule has 0 saturated carbocycles. The van der Waals surface area contributed by atoms with E-state index in [0.29, 0.717) is 17.3 Å². The Morgan fingerprint density at radius 1 is 1.21 bits per heavy atom. The number of nitrogens with zero attached hydrogens (tertiary/aromatic N) is 4. The SMILES string of the molecule is COc1cc(Cl)c(C)cc1CSc1nnc(-c2cccnc2)n1Cc1ccco1. The Balaban J connectivity index is 1.65. The van der Waals surface area contributed by atoms with E-state index in [-0.39, 0.29) is 0 Å². The van der Waals surface area contributed by atoms with Crippen LogP contribution >= 0.6 is 23.4 Å². The van der Waals surface area contributed by atoms with E-state index in [1.807, 2.05) is 47.9 Å². The number of pyridine rings is 1. The van der Waals surface area contributed by atoms with Gasteiger partial charge in [-0.1, -0.05) is 29.4 Å². The quantitative estimate of drug-likeness (QED) is 0.376. The molecule has 0 aliphatic carbocycles. The van der Waals surface area contributed by atoms with Gasteiger partial charge in [0.05, 0.1) is 19.9 Å². The largest absolute Gasteiger partial charge is 0.496 e. The summed E-state index contributed by atoms with van der Waals surface area (Å²) < 4.78 is 13.1. The van der Waals surface area contributed by atoms with Crippen molar-refractivity contribution in [1.29, 1.82) is 0 Å². The predicted molar refractivity (Wildman–Crippen MR) is 113 cm³/mol. The van der Waals surface area contributed by atoms with Gasteiger partial charge in [0.1, 0.15) is 11.5 Å². The van der Waals surface area contributed by atoms with Gasteiger partial charge in [0.15, 0.2) is 11.0 Å². The topological polar surface area (TPSA) is 66.0 Å². The van der Waals surface area contributed by atoms with Crippen LogP contribution in [0.5, 0.6) is 5.75 Å². The molecule has 0 saturated heterocycles. The third-order valence-corrected chi connectivity index (χ3v) is 5.87. The summed E-state index contributed by atoms with van der Waals surface area (Å²) in [7, 11) is 1.65. The Hall–Kier alpha value is -2.77. The summed E-state index contributed by atoms with van der Waals surface area (Å²) >= 11 is 7.81. The van der Waals surface area contributed by atoms with E-state index in [1.54, 1.807) is 37.5 Å². The molecule has 3 heterocycles. The number of halogens is 1. The third-order valence-electron chi connectivity index (χ3n) is 4.45. The van der Waals surface area contributed by atoms with E-state index in [1.165, 1.54) is 0 Å². The number of methoxy groups -OCH3 is 1. The number of rotatable bonds is 7. The van der Waals surface area contributed by atoms with E-state index >= 15 is 0 Å². The fourth-order valence-electron chi connectivity index (χ4n) is 2.97. The Kier molecular flexibility index (Phi) is 5.87. The second-order valence-corrected chi connectivity index (χ2v) is 7.77. The van der Waals surface area contributed by atoms with E-state index in [2.05, 4.69) is 15.2 Å². The number of aryl methyl sites for hydroxylation is 1. The van der Waals surface area contributed by atoms with Crippen molar-refractivity contribution in [1.82, 2.24) is 19.7 Å². The second kappa shape index (κ2) is 8.71. The smallest absolute Gasteiger partial charge is 0.192 e. The van der Waals surface area contributed by atoms with Gasteiger partial charge >= 0.3 is 0 Å². The number of furan rings is 1. The molecule has 0 amide bonds. The molecule has 0 bridgehead atoms. The molecule has 29 heavy (non-hydrogen) atoms. The molecular weight excluding hydrogens is 408 g/mol. The number of hydrogen-bond acceptors (Lipinski definition) is 6. The Labute approximate surface area is 177 Å². The van der Waals surface area contributed by atoms with E-state index in [9.17, 15) is 0 Å². The van der Waals surface area contributed by atoms with Crippen LogP contribution in [0.15, 0.2) is 64.6 Å². The van der Waals surface area contributed by atoms with Gasteiger partial charge in [-0.25, -0.2) is 0 Å². The maximum atomic E-state index is 6.23. The minimum atomic E-state index is 0.531. The van der Waals surface area contributed by atoms with Crippen molar-refractivity contribution >= 4 is 23.4 Å². The van der Waals surface area contributed by atoms with E-state index in [4.69, 9.17) is 20.8 Å². The summed E-state index contributed by atoms with van der Waals surface area (Å²) in [6.45, 7) is 2.51. The van der Waals surface area contributed by atoms with Crippen LogP contribution < -0.4 is 4.74 Å². The van der Waals surface area contributed by atoms with Crippen LogP contribution in [0, 0.1) is 6.92 Å². The molecule has 0 aliphatic rings. The van der Waals surface area contributed by atoms with Gasteiger partial charge in [0, 0.05) is 34.3 Å². The number of aromatic nitrogens is 4. The summed E-state index contributed by atoms with van der Waals surface area (Å²) in [5, 5.41) is 10.3. The molecular formula is C21H19ClN4O2S. The van der Waals surface area contributed by atoms with Crippen LogP contribution in [0.3, 0.4) is 0 Å². The molecule has 4 aromatic rings. The second-order valence-electron chi connectivity index (χ2n) is 6.42. The van der Waals surface area contributed by atoms with Crippen molar-refractivity contribution in [3.05, 3.63) is 77.0 Å². The Morgan fingerprint density at radius 3 is 2.83 bits per heavy atom. The molecule has 0 unspecified atom stereocenters. The summed E-state index contributed by atoms with van der Waals surface area (Å²) in [4.78, 5) is 4.20. The minimum absolute atomic E-state index is 0.531. The first-order chi connectivity index (χ1) is 14.2. The summed E-state index contributed by atoms with van der Waals surface area (Å²) in [5.41, 5.74) is 2.96. The maximum Gasteiger partial charge on any atom is 0.192 e. The van der Waals surface area contributed by atoms with Crippen LogP contribution in [0.2, 0.25) is 5.02 Å². The fraction of sp³-hybridized carbons (Fsp3) is 0.190. The van der Waals surface area contributed by atoms with E-state index < -0.39 is 0 Å². The monoisotopic (exact) mass is 426 g/mol. The number of thioether (sulfide) groups is 1. The van der Waals surface area contributed by atoms with Crippen molar-refractivity contribution in [2.75, 3.05) is 7.11 Å². The van der Waals surface area contributed by atoms with Crippen molar-refractivity contribution in [3.63, 3.8) is 0 Å². The van der Waals surface area contributed by atoms with E-state index in [0.717, 1.165) is 39.2 Å². The van der Waals surface area contributed by atoms with Crippen molar-refractivity contribution in [2.24, 2.45) is 0 Å². The molecule has 6 nitrogen and oxygen atoms in total. The average molecular weight is 427 g/mol. The molecule has 3 aromatic heterocycles. The first-order valence-electron chi connectivity index (χ1n) is 8.97. The molecule has 4 rings (SSSR count). The third kappa shape index (κ3) is 4.31. The molecule has 0 radical (unpaired) electrons. The molecule has 0 atom stereocenters. The number of hydrogen-bond donors (Lipinski definition) is 0. The van der Waals surface area contributed by atoms with Gasteiger partial charge < -0.3 is 9.15 Å². The van der Waals surface area contributed by atoms with Gasteiger partial charge in [-0.05, 0) is 42.8 Å². The highest BCUT2D eigenvalue weighted by molar-refractivity contribution is 7.98. The highest BCUT2D eigenvalue weighted by Gasteiger charge is 2.17. The lowest BCUT2D eigenvalue weighted by molar-refractivity contribution is 0.411. The van der Waals surface area contributed by atoms with Crippen LogP contribution in [0.25, 0.3) is 11.4 Å². The van der Waals surface area contributed by atoms with Gasteiger partial charge in [-0.2, -0.15) is 0 Å². The van der Waals surface area contributed by atoms with Crippen molar-refractivity contribution in [3.8, 4) is 17.1 Å². The maximum absolute atomic E-state index is 6.23. The van der Waals surface area contributed by atoms with Gasteiger partial charge in [-0.3, -0.25) is 9.55 Å². The molecule has 0 aliphatic heterocycles. The first kappa shape index (κ1) is 19.5. The zero-order valence-electron chi connectivity index (χ0n) is 16.0. The molecule has 0 fully saturated rings. The molecule has 8 heteroatoms. The standard InChI is InChI=1S/C21H19ClN4O2S/c1-14-9-16(19(27-2)10-18(14)22)13-29-21-25-24-20(15-5-3-7-23-11-15)26(21)12-17-6-4-8-28-17/h3-11H,12-13H2,1-2H3. The van der Waals surface area contributed by atoms with Crippen LogP contribution in [-0.4, -0.2) is 26.9 Å². The molecule has 0 N–H and O–H groups in total. The predicted octanol–water partition coefficient (Wildman–Crippen LogP) is 5.24. The summed E-state index contributed by atoms with van der Waals surface area (Å²) in [5.74, 6) is 3.01. The zero-order valence-corrected chi connectivity index (χ0v) is 17.6. The van der Waals surface area contributed by atoms with Gasteiger partial charge in [0.25, 0.3) is 0 Å². The average Bonchev–Trinajstić information content (AvgIpc) is 3.40. The van der Waals surface area contributed by atoms with Crippen LogP contribution in [-0.2, 0) is 12.3 Å². The van der Waals surface area contributed by atoms with Gasteiger partial charge in [0.2, 0.25) is 0 Å². The summed E-state index contributed by atoms with van der Waals surface area (Å²) in [6, 6.07) is 11.6. The first-order valence-corrected chi connectivity index (χ1v) is 10.3. The van der Waals surface area contributed by atoms with Crippen molar-refractivity contribution < 1.29 is 9.15 Å². The highest BCUT2D eigenvalue weighted by atomic mass is 35.5. The lowest BCUT2D eigenvalue weighted by atomic mass is 10.1. The fourth-order valence-corrected chi connectivity index (χ4v) is 4.04. The van der Waals surface area contributed by atoms with Crippen LogP contribution in [0.1, 0.15) is 16.9 Å². The lowest BCUT2D eigenvalue weighted by Crippen LogP contribution is -2.04. The lowest BCUT2D eigenvalue weighted by Gasteiger charge is -2.12. The van der Waals surface area contributed by atoms with Crippen LogP contribution in [0.4, 0.5) is 0 Å². The normalized spacial score (nSPS) is 11.0. The molecule has 148 valence electrons. The van der Waals surface area contributed by atoms with Gasteiger partial charge in [-0.15, -0.1) is 10.2 Å². The highest BCUT2D eigenvalue weighted by Crippen LogP contribution is 2.33. The van der Waals surface area contributed by atoms with Crippen molar-refractivity contribution in [2.45, 2.75) is 24.4 Å². The Morgan fingerprint density at radius 2 is 2.10 bits per heavy atom. The molecule has 1 aromatic carbocycles.